The summed E-state index contributed by atoms with van der Waals surface area (Å²) >= 11 is 5.69. The van der Waals surface area contributed by atoms with E-state index in [1.807, 2.05) is 0 Å². The van der Waals surface area contributed by atoms with Crippen molar-refractivity contribution in [1.82, 2.24) is 4.98 Å². The molecule has 0 bridgehead atoms. The lowest BCUT2D eigenvalue weighted by Crippen LogP contribution is -1.96. The van der Waals surface area contributed by atoms with Crippen LogP contribution in [0.15, 0.2) is 47.4 Å². The van der Waals surface area contributed by atoms with E-state index < -0.39 is 9.84 Å². The number of nitrogens with zero attached hydrogens (tertiary/aromatic N) is 1. The van der Waals surface area contributed by atoms with Gasteiger partial charge in [0.05, 0.1) is 16.5 Å². The van der Waals surface area contributed by atoms with E-state index in [0.717, 1.165) is 6.26 Å². The molecule has 2 rings (SSSR count). The molecule has 0 amide bonds. The number of pyridine rings is 1. The molecule has 100 valence electrons. The minimum atomic E-state index is -3.19. The third kappa shape index (κ3) is 3.68. The Morgan fingerprint density at radius 2 is 1.84 bits per heavy atom. The normalized spacial score (nSPS) is 11.3. The highest BCUT2D eigenvalue weighted by atomic mass is 35.5. The topological polar surface area (TPSA) is 56.3 Å². The summed E-state index contributed by atoms with van der Waals surface area (Å²) < 4.78 is 28.2. The number of ether oxygens (including phenoxy) is 1. The Morgan fingerprint density at radius 3 is 2.42 bits per heavy atom. The number of benzene rings is 1. The van der Waals surface area contributed by atoms with Crippen LogP contribution in [0.4, 0.5) is 0 Å². The van der Waals surface area contributed by atoms with Crippen molar-refractivity contribution in [1.29, 1.82) is 0 Å². The monoisotopic (exact) mass is 297 g/mol. The molecule has 4 nitrogen and oxygen atoms in total. The van der Waals surface area contributed by atoms with Gasteiger partial charge in [-0.05, 0) is 30.3 Å². The molecule has 1 aromatic heterocycles. The van der Waals surface area contributed by atoms with Crippen molar-refractivity contribution in [2.45, 2.75) is 10.8 Å². The Morgan fingerprint density at radius 1 is 1.16 bits per heavy atom. The van der Waals surface area contributed by atoms with Crippen LogP contribution < -0.4 is 4.74 Å². The molecule has 1 aromatic carbocycles. The van der Waals surface area contributed by atoms with Crippen molar-refractivity contribution in [3.05, 3.63) is 48.2 Å². The van der Waals surface area contributed by atoms with Gasteiger partial charge < -0.3 is 4.74 Å². The third-order valence-electron chi connectivity index (χ3n) is 2.39. The van der Waals surface area contributed by atoms with Gasteiger partial charge >= 0.3 is 0 Å². The van der Waals surface area contributed by atoms with Crippen LogP contribution in [0.2, 0.25) is 0 Å². The van der Waals surface area contributed by atoms with E-state index in [9.17, 15) is 8.42 Å². The zero-order valence-corrected chi connectivity index (χ0v) is 11.8. The van der Waals surface area contributed by atoms with Gasteiger partial charge in [0.15, 0.2) is 9.84 Å². The lowest BCUT2D eigenvalue weighted by atomic mass is 10.3. The van der Waals surface area contributed by atoms with Crippen molar-refractivity contribution in [2.24, 2.45) is 0 Å². The Hall–Kier alpha value is -1.59. The maximum atomic E-state index is 11.3. The first kappa shape index (κ1) is 13.8. The molecule has 0 unspecified atom stereocenters. The molecule has 1 heterocycles. The maximum absolute atomic E-state index is 11.3. The second kappa shape index (κ2) is 5.59. The van der Waals surface area contributed by atoms with Crippen LogP contribution in [0.5, 0.6) is 11.6 Å². The van der Waals surface area contributed by atoms with E-state index in [0.29, 0.717) is 23.2 Å². The Balaban J connectivity index is 2.19. The predicted octanol–water partition coefficient (Wildman–Crippen LogP) is 3.02. The number of rotatable bonds is 4. The second-order valence-electron chi connectivity index (χ2n) is 3.95. The van der Waals surface area contributed by atoms with Crippen LogP contribution in [0.25, 0.3) is 0 Å². The summed E-state index contributed by atoms with van der Waals surface area (Å²) in [6, 6.07) is 11.5. The zero-order chi connectivity index (χ0) is 13.9. The van der Waals surface area contributed by atoms with Crippen molar-refractivity contribution in [2.75, 3.05) is 6.26 Å². The lowest BCUT2D eigenvalue weighted by Gasteiger charge is -2.06. The number of hydrogen-bond acceptors (Lipinski definition) is 4. The number of halogens is 1. The molecule has 19 heavy (non-hydrogen) atoms. The summed E-state index contributed by atoms with van der Waals surface area (Å²) in [5.74, 6) is 1.25. The predicted molar refractivity (Wildman–Crippen MR) is 73.4 cm³/mol. The van der Waals surface area contributed by atoms with Crippen LogP contribution in [0, 0.1) is 0 Å². The summed E-state index contributed by atoms with van der Waals surface area (Å²) in [6.45, 7) is 0. The highest BCUT2D eigenvalue weighted by Crippen LogP contribution is 2.21. The van der Waals surface area contributed by atoms with Gasteiger partial charge in [-0.1, -0.05) is 6.07 Å². The first-order valence-electron chi connectivity index (χ1n) is 5.49. The lowest BCUT2D eigenvalue weighted by molar-refractivity contribution is 0.461. The molecule has 0 saturated carbocycles. The largest absolute Gasteiger partial charge is 0.439 e. The molecule has 0 aliphatic rings. The number of aromatic nitrogens is 1. The Bertz CT molecular complexity index is 669. The summed E-state index contributed by atoms with van der Waals surface area (Å²) in [5, 5.41) is 0. The summed E-state index contributed by atoms with van der Waals surface area (Å²) in [5.41, 5.74) is 0.715. The number of sulfone groups is 1. The van der Waals surface area contributed by atoms with Crippen molar-refractivity contribution < 1.29 is 13.2 Å². The second-order valence-corrected chi connectivity index (χ2v) is 6.23. The van der Waals surface area contributed by atoms with Gasteiger partial charge in [0.1, 0.15) is 5.75 Å². The smallest absolute Gasteiger partial charge is 0.219 e. The van der Waals surface area contributed by atoms with E-state index in [1.54, 1.807) is 30.3 Å². The van der Waals surface area contributed by atoms with Gasteiger partial charge in [-0.15, -0.1) is 11.6 Å². The average Bonchev–Trinajstić information content (AvgIpc) is 2.38. The Kier molecular flexibility index (Phi) is 4.07. The SMILES string of the molecule is CS(=O)(=O)c1ccc(Oc2cccc(CCl)n2)cc1. The average molecular weight is 298 g/mol. The highest BCUT2D eigenvalue weighted by molar-refractivity contribution is 7.90. The van der Waals surface area contributed by atoms with Crippen molar-refractivity contribution in [3.63, 3.8) is 0 Å². The minimum Gasteiger partial charge on any atom is -0.439 e. The summed E-state index contributed by atoms with van der Waals surface area (Å²) in [6.07, 6.45) is 1.16. The fraction of sp³-hybridized carbons (Fsp3) is 0.154. The summed E-state index contributed by atoms with van der Waals surface area (Å²) in [7, 11) is -3.19. The van der Waals surface area contributed by atoms with E-state index >= 15 is 0 Å². The van der Waals surface area contributed by atoms with Gasteiger partial charge in [-0.25, -0.2) is 13.4 Å². The molecule has 6 heteroatoms. The van der Waals surface area contributed by atoms with E-state index in [1.165, 1.54) is 12.1 Å². The molecule has 0 atom stereocenters. The molecular formula is C13H12ClNO3S. The molecule has 0 radical (unpaired) electrons. The molecular weight excluding hydrogens is 286 g/mol. The standard InChI is InChI=1S/C13H12ClNO3S/c1-19(16,17)12-7-5-11(6-8-12)18-13-4-2-3-10(9-14)15-13/h2-8H,9H2,1H3. The van der Waals surface area contributed by atoms with E-state index in [-0.39, 0.29) is 4.90 Å². The highest BCUT2D eigenvalue weighted by Gasteiger charge is 2.07. The van der Waals surface area contributed by atoms with Gasteiger partial charge in [0.25, 0.3) is 0 Å². The van der Waals surface area contributed by atoms with Gasteiger partial charge in [-0.3, -0.25) is 0 Å². The van der Waals surface area contributed by atoms with Crippen LogP contribution >= 0.6 is 11.6 Å². The van der Waals surface area contributed by atoms with Gasteiger partial charge in [0, 0.05) is 12.3 Å². The van der Waals surface area contributed by atoms with E-state index in [2.05, 4.69) is 4.98 Å². The zero-order valence-electron chi connectivity index (χ0n) is 10.2. The minimum absolute atomic E-state index is 0.252. The molecule has 0 saturated heterocycles. The van der Waals surface area contributed by atoms with Crippen LogP contribution in [0.1, 0.15) is 5.69 Å². The maximum Gasteiger partial charge on any atom is 0.219 e. The molecule has 2 aromatic rings. The molecule has 0 spiro atoms. The molecule has 0 fully saturated rings. The molecule has 0 aliphatic carbocycles. The number of alkyl halides is 1. The van der Waals surface area contributed by atoms with Gasteiger partial charge in [-0.2, -0.15) is 0 Å². The van der Waals surface area contributed by atoms with Crippen molar-refractivity contribution >= 4 is 21.4 Å². The third-order valence-corrected chi connectivity index (χ3v) is 3.79. The van der Waals surface area contributed by atoms with E-state index in [4.69, 9.17) is 16.3 Å². The first-order chi connectivity index (χ1) is 8.99. The first-order valence-corrected chi connectivity index (χ1v) is 7.91. The van der Waals surface area contributed by atoms with Gasteiger partial charge in [0.2, 0.25) is 5.88 Å². The van der Waals surface area contributed by atoms with Crippen molar-refractivity contribution in [3.8, 4) is 11.6 Å². The van der Waals surface area contributed by atoms with Crippen LogP contribution in [0.3, 0.4) is 0 Å². The molecule has 0 N–H and O–H groups in total. The molecule has 0 aliphatic heterocycles. The summed E-state index contributed by atoms with van der Waals surface area (Å²) in [4.78, 5) is 4.44. The fourth-order valence-corrected chi connectivity index (χ4v) is 2.24. The van der Waals surface area contributed by atoms with Crippen LogP contribution in [-0.2, 0) is 15.7 Å². The number of hydrogen-bond donors (Lipinski definition) is 0. The fourth-order valence-electron chi connectivity index (χ4n) is 1.46. The van der Waals surface area contributed by atoms with Crippen LogP contribution in [-0.4, -0.2) is 19.7 Å². The Labute approximate surface area is 116 Å². The quantitative estimate of drug-likeness (QED) is 0.814.